The molecule has 1 saturated heterocycles. The number of carbonyl (C=O) groups excluding carboxylic acids is 1. The Labute approximate surface area is 123 Å². The van der Waals surface area contributed by atoms with Crippen LogP contribution < -0.4 is 4.90 Å². The molecule has 21 heavy (non-hydrogen) atoms. The molecule has 2 aliphatic rings. The number of para-hydroxylation sites is 1. The van der Waals surface area contributed by atoms with Gasteiger partial charge in [-0.2, -0.15) is 0 Å². The van der Waals surface area contributed by atoms with E-state index in [1.807, 2.05) is 0 Å². The number of anilines is 1. The number of hydrogen-bond acceptors (Lipinski definition) is 3. The van der Waals surface area contributed by atoms with Gasteiger partial charge in [0.05, 0.1) is 17.4 Å². The zero-order valence-electron chi connectivity index (χ0n) is 12.0. The predicted octanol–water partition coefficient (Wildman–Crippen LogP) is 1.10. The van der Waals surface area contributed by atoms with Crippen molar-refractivity contribution in [2.24, 2.45) is 0 Å². The standard InChI is InChI=1S/C14H17FN2O3S/c1-16-12-10(4-3-5-11(12)15)14(13(16)18)6-8-17(9-7-14)21(2,19)20/h3-5H,6-9H2,1-2H3. The molecule has 0 bridgehead atoms. The SMILES string of the molecule is CN1C(=O)C2(CCN(S(C)(=O)=O)CC2)c2cccc(F)c21. The molecule has 0 unspecified atom stereocenters. The van der Waals surface area contributed by atoms with Gasteiger partial charge in [0.15, 0.2) is 0 Å². The Kier molecular flexibility index (Phi) is 3.11. The van der Waals surface area contributed by atoms with Crippen LogP contribution in [0, 0.1) is 5.82 Å². The Morgan fingerprint density at radius 2 is 1.86 bits per heavy atom. The average Bonchev–Trinajstić information content (AvgIpc) is 2.63. The van der Waals surface area contributed by atoms with E-state index < -0.39 is 21.3 Å². The quantitative estimate of drug-likeness (QED) is 0.780. The number of hydrogen-bond donors (Lipinski definition) is 0. The maximum Gasteiger partial charge on any atom is 0.237 e. The summed E-state index contributed by atoms with van der Waals surface area (Å²) in [6.45, 7) is 0.572. The molecule has 2 aliphatic heterocycles. The van der Waals surface area contributed by atoms with Crippen molar-refractivity contribution in [2.75, 3.05) is 31.3 Å². The van der Waals surface area contributed by atoms with Gasteiger partial charge in [-0.15, -0.1) is 0 Å². The highest BCUT2D eigenvalue weighted by molar-refractivity contribution is 7.88. The highest BCUT2D eigenvalue weighted by atomic mass is 32.2. The van der Waals surface area contributed by atoms with E-state index in [1.165, 1.54) is 21.5 Å². The second-order valence-electron chi connectivity index (χ2n) is 5.74. The first kappa shape index (κ1) is 14.5. The zero-order valence-corrected chi connectivity index (χ0v) is 12.8. The lowest BCUT2D eigenvalue weighted by atomic mass is 9.74. The summed E-state index contributed by atoms with van der Waals surface area (Å²) in [5.74, 6) is -0.554. The van der Waals surface area contributed by atoms with E-state index in [9.17, 15) is 17.6 Å². The fourth-order valence-corrected chi connectivity index (χ4v) is 4.31. The maximum atomic E-state index is 14.0. The minimum Gasteiger partial charge on any atom is -0.312 e. The lowest BCUT2D eigenvalue weighted by molar-refractivity contribution is -0.124. The van der Waals surface area contributed by atoms with Gasteiger partial charge in [-0.25, -0.2) is 17.1 Å². The van der Waals surface area contributed by atoms with Crippen molar-refractivity contribution in [1.29, 1.82) is 0 Å². The third kappa shape index (κ3) is 1.98. The Morgan fingerprint density at radius 1 is 1.24 bits per heavy atom. The number of fused-ring (bicyclic) bond motifs is 2. The third-order valence-electron chi connectivity index (χ3n) is 4.60. The molecular formula is C14H17FN2O3S. The molecule has 3 rings (SSSR count). The molecule has 1 aromatic rings. The Balaban J connectivity index is 2.02. The summed E-state index contributed by atoms with van der Waals surface area (Å²) in [5.41, 5.74) is 0.228. The minimum atomic E-state index is -3.25. The summed E-state index contributed by atoms with van der Waals surface area (Å²) in [6, 6.07) is 4.72. The van der Waals surface area contributed by atoms with Gasteiger partial charge in [0.1, 0.15) is 5.82 Å². The molecule has 1 amide bonds. The van der Waals surface area contributed by atoms with Crippen LogP contribution >= 0.6 is 0 Å². The summed E-state index contributed by atoms with van der Waals surface area (Å²) in [5, 5.41) is 0. The number of rotatable bonds is 1. The van der Waals surface area contributed by atoms with E-state index in [-0.39, 0.29) is 19.0 Å². The van der Waals surface area contributed by atoms with Crippen molar-refractivity contribution in [3.63, 3.8) is 0 Å². The average molecular weight is 312 g/mol. The van der Waals surface area contributed by atoms with Crippen molar-refractivity contribution in [1.82, 2.24) is 4.31 Å². The normalized spacial score (nSPS) is 21.9. The summed E-state index contributed by atoms with van der Waals surface area (Å²) in [4.78, 5) is 14.0. The molecule has 0 saturated carbocycles. The Hall–Kier alpha value is -1.47. The topological polar surface area (TPSA) is 57.7 Å². The molecule has 5 nitrogen and oxygen atoms in total. The summed E-state index contributed by atoms with van der Waals surface area (Å²) in [7, 11) is -1.68. The molecule has 1 spiro atoms. The van der Waals surface area contributed by atoms with Crippen LogP contribution in [0.15, 0.2) is 18.2 Å². The molecule has 114 valence electrons. The zero-order chi connectivity index (χ0) is 15.4. The van der Waals surface area contributed by atoms with Gasteiger partial charge in [0.2, 0.25) is 15.9 Å². The molecule has 1 aromatic carbocycles. The molecule has 0 aromatic heterocycles. The van der Waals surface area contributed by atoms with E-state index in [2.05, 4.69) is 0 Å². The van der Waals surface area contributed by atoms with Crippen LogP contribution in [0.4, 0.5) is 10.1 Å². The number of likely N-dealkylation sites (N-methyl/N-ethyl adjacent to an activating group) is 1. The van der Waals surface area contributed by atoms with Gasteiger partial charge in [-0.1, -0.05) is 12.1 Å². The molecule has 0 N–H and O–H groups in total. The van der Waals surface area contributed by atoms with Crippen molar-refractivity contribution >= 4 is 21.6 Å². The van der Waals surface area contributed by atoms with E-state index in [1.54, 1.807) is 19.2 Å². The fraction of sp³-hybridized carbons (Fsp3) is 0.500. The largest absolute Gasteiger partial charge is 0.312 e. The lowest BCUT2D eigenvalue weighted by Crippen LogP contribution is -2.49. The Bertz CT molecular complexity index is 709. The first-order chi connectivity index (χ1) is 9.77. The van der Waals surface area contributed by atoms with Crippen LogP contribution in [-0.4, -0.2) is 45.0 Å². The number of amides is 1. The molecule has 0 atom stereocenters. The third-order valence-corrected chi connectivity index (χ3v) is 5.90. The summed E-state index contributed by atoms with van der Waals surface area (Å²) >= 11 is 0. The number of piperidine rings is 1. The highest BCUT2D eigenvalue weighted by Crippen LogP contribution is 2.48. The highest BCUT2D eigenvalue weighted by Gasteiger charge is 2.52. The summed E-state index contributed by atoms with van der Waals surface area (Å²) in [6.07, 6.45) is 1.95. The van der Waals surface area contributed by atoms with E-state index in [4.69, 9.17) is 0 Å². The van der Waals surface area contributed by atoms with Crippen LogP contribution in [0.1, 0.15) is 18.4 Å². The van der Waals surface area contributed by atoms with Crippen LogP contribution in [0.2, 0.25) is 0 Å². The molecule has 2 heterocycles. The molecular weight excluding hydrogens is 295 g/mol. The second-order valence-corrected chi connectivity index (χ2v) is 7.73. The van der Waals surface area contributed by atoms with Gasteiger partial charge in [-0.05, 0) is 24.5 Å². The number of carbonyl (C=O) groups is 1. The van der Waals surface area contributed by atoms with Gasteiger partial charge < -0.3 is 4.90 Å². The Morgan fingerprint density at radius 3 is 2.43 bits per heavy atom. The van der Waals surface area contributed by atoms with E-state index in [0.717, 1.165) is 0 Å². The molecule has 7 heteroatoms. The van der Waals surface area contributed by atoms with Crippen molar-refractivity contribution in [3.05, 3.63) is 29.6 Å². The van der Waals surface area contributed by atoms with Gasteiger partial charge >= 0.3 is 0 Å². The van der Waals surface area contributed by atoms with Crippen LogP contribution in [-0.2, 0) is 20.2 Å². The van der Waals surface area contributed by atoms with Gasteiger partial charge in [0.25, 0.3) is 0 Å². The maximum absolute atomic E-state index is 14.0. The van der Waals surface area contributed by atoms with Gasteiger partial charge in [0, 0.05) is 20.1 Å². The van der Waals surface area contributed by atoms with E-state index in [0.29, 0.717) is 24.1 Å². The number of halogens is 1. The molecule has 0 radical (unpaired) electrons. The monoisotopic (exact) mass is 312 g/mol. The van der Waals surface area contributed by atoms with Crippen molar-refractivity contribution in [2.45, 2.75) is 18.3 Å². The van der Waals surface area contributed by atoms with Crippen LogP contribution in [0.5, 0.6) is 0 Å². The molecule has 1 fully saturated rings. The second kappa shape index (κ2) is 4.51. The lowest BCUT2D eigenvalue weighted by Gasteiger charge is -2.37. The fourth-order valence-electron chi connectivity index (χ4n) is 3.46. The smallest absolute Gasteiger partial charge is 0.237 e. The number of nitrogens with zero attached hydrogens (tertiary/aromatic N) is 2. The van der Waals surface area contributed by atoms with Gasteiger partial charge in [-0.3, -0.25) is 4.79 Å². The predicted molar refractivity (Wildman–Crippen MR) is 77.1 cm³/mol. The first-order valence-electron chi connectivity index (χ1n) is 6.80. The minimum absolute atomic E-state index is 0.143. The number of sulfonamides is 1. The van der Waals surface area contributed by atoms with Crippen molar-refractivity contribution < 1.29 is 17.6 Å². The first-order valence-corrected chi connectivity index (χ1v) is 8.64. The summed E-state index contributed by atoms with van der Waals surface area (Å²) < 4.78 is 38.6. The molecule has 0 aliphatic carbocycles. The van der Waals surface area contributed by atoms with Crippen molar-refractivity contribution in [3.8, 4) is 0 Å². The van der Waals surface area contributed by atoms with Crippen LogP contribution in [0.3, 0.4) is 0 Å². The van der Waals surface area contributed by atoms with E-state index >= 15 is 0 Å². The van der Waals surface area contributed by atoms with Crippen LogP contribution in [0.25, 0.3) is 0 Å². The number of benzene rings is 1.